The first-order chi connectivity index (χ1) is 4.71. The zero-order chi connectivity index (χ0) is 7.61. The van der Waals surface area contributed by atoms with E-state index in [0.717, 1.165) is 0 Å². The SMILES string of the molecule is CC(F)C1(N=C=O)CNC1. The van der Waals surface area contributed by atoms with Crippen LogP contribution in [0.15, 0.2) is 4.99 Å². The van der Waals surface area contributed by atoms with Crippen LogP contribution in [0.3, 0.4) is 0 Å². The van der Waals surface area contributed by atoms with Crippen LogP contribution in [0.5, 0.6) is 0 Å². The van der Waals surface area contributed by atoms with Gasteiger partial charge in [0.15, 0.2) is 0 Å². The molecule has 0 aliphatic carbocycles. The lowest BCUT2D eigenvalue weighted by atomic mass is 9.89. The highest BCUT2D eigenvalue weighted by atomic mass is 19.1. The molecule has 1 heterocycles. The fraction of sp³-hybridized carbons (Fsp3) is 0.833. The molecular weight excluding hydrogens is 135 g/mol. The summed E-state index contributed by atoms with van der Waals surface area (Å²) in [5.41, 5.74) is -0.804. The van der Waals surface area contributed by atoms with Crippen LogP contribution in [0.2, 0.25) is 0 Å². The zero-order valence-electron chi connectivity index (χ0n) is 5.72. The molecule has 0 aromatic rings. The van der Waals surface area contributed by atoms with Gasteiger partial charge in [0, 0.05) is 13.1 Å². The molecular formula is C6H9FN2O. The molecule has 1 aliphatic heterocycles. The molecule has 3 nitrogen and oxygen atoms in total. The highest BCUT2D eigenvalue weighted by Crippen LogP contribution is 2.22. The van der Waals surface area contributed by atoms with E-state index in [1.165, 1.54) is 13.0 Å². The number of nitrogens with one attached hydrogen (secondary N) is 1. The van der Waals surface area contributed by atoms with Crippen LogP contribution >= 0.6 is 0 Å². The van der Waals surface area contributed by atoms with Crippen LogP contribution in [0, 0.1) is 0 Å². The van der Waals surface area contributed by atoms with Crippen LogP contribution < -0.4 is 5.32 Å². The number of halogens is 1. The van der Waals surface area contributed by atoms with E-state index in [1.54, 1.807) is 0 Å². The monoisotopic (exact) mass is 144 g/mol. The standard InChI is InChI=1S/C6H9FN2O/c1-5(7)6(9-4-10)2-8-3-6/h5,8H,2-3H2,1H3. The lowest BCUT2D eigenvalue weighted by molar-refractivity contribution is 0.146. The highest BCUT2D eigenvalue weighted by molar-refractivity contribution is 5.36. The minimum Gasteiger partial charge on any atom is -0.312 e. The Labute approximate surface area is 58.3 Å². The smallest absolute Gasteiger partial charge is 0.235 e. The Kier molecular flexibility index (Phi) is 1.83. The molecule has 1 N–H and O–H groups in total. The van der Waals surface area contributed by atoms with Crippen molar-refractivity contribution >= 4 is 6.08 Å². The van der Waals surface area contributed by atoms with Crippen molar-refractivity contribution in [2.75, 3.05) is 13.1 Å². The number of isocyanates is 1. The second-order valence-corrected chi connectivity index (χ2v) is 2.53. The molecule has 0 aromatic carbocycles. The van der Waals surface area contributed by atoms with Gasteiger partial charge in [0.2, 0.25) is 6.08 Å². The second kappa shape index (κ2) is 2.48. The second-order valence-electron chi connectivity index (χ2n) is 2.53. The van der Waals surface area contributed by atoms with Crippen LogP contribution in [-0.4, -0.2) is 30.9 Å². The molecule has 1 rings (SSSR count). The number of hydrogen-bond donors (Lipinski definition) is 1. The summed E-state index contributed by atoms with van der Waals surface area (Å²) in [6.07, 6.45) is 0.313. The molecule has 10 heavy (non-hydrogen) atoms. The van der Waals surface area contributed by atoms with Gasteiger partial charge in [0.1, 0.15) is 11.7 Å². The van der Waals surface area contributed by atoms with E-state index in [9.17, 15) is 9.18 Å². The lowest BCUT2D eigenvalue weighted by Crippen LogP contribution is -2.62. The largest absolute Gasteiger partial charge is 0.312 e. The molecule has 4 heteroatoms. The highest BCUT2D eigenvalue weighted by Gasteiger charge is 2.42. The van der Waals surface area contributed by atoms with Gasteiger partial charge in [-0.05, 0) is 6.92 Å². The summed E-state index contributed by atoms with van der Waals surface area (Å²) < 4.78 is 12.7. The Morgan fingerprint density at radius 1 is 1.80 bits per heavy atom. The van der Waals surface area contributed by atoms with Crippen LogP contribution in [-0.2, 0) is 4.79 Å². The van der Waals surface area contributed by atoms with E-state index >= 15 is 0 Å². The summed E-state index contributed by atoms with van der Waals surface area (Å²) in [7, 11) is 0. The molecule has 0 bridgehead atoms. The van der Waals surface area contributed by atoms with E-state index in [2.05, 4.69) is 10.3 Å². The van der Waals surface area contributed by atoms with E-state index in [0.29, 0.717) is 13.1 Å². The average molecular weight is 144 g/mol. The van der Waals surface area contributed by atoms with Gasteiger partial charge in [0.05, 0.1) is 0 Å². The van der Waals surface area contributed by atoms with E-state index < -0.39 is 11.7 Å². The Morgan fingerprint density at radius 2 is 2.40 bits per heavy atom. The van der Waals surface area contributed by atoms with Gasteiger partial charge < -0.3 is 5.32 Å². The molecule has 1 unspecified atom stereocenters. The Balaban J connectivity index is 2.68. The maximum absolute atomic E-state index is 12.7. The third kappa shape index (κ3) is 0.958. The molecule has 56 valence electrons. The first-order valence-corrected chi connectivity index (χ1v) is 3.15. The number of hydrogen-bond acceptors (Lipinski definition) is 3. The predicted octanol–water partition coefficient (Wildman–Crippen LogP) is 0.0222. The minimum atomic E-state index is -1.07. The van der Waals surface area contributed by atoms with Gasteiger partial charge in [-0.15, -0.1) is 0 Å². The summed E-state index contributed by atoms with van der Waals surface area (Å²) in [6.45, 7) is 2.29. The van der Waals surface area contributed by atoms with Crippen molar-refractivity contribution in [2.45, 2.75) is 18.6 Å². The number of rotatable bonds is 2. The fourth-order valence-electron chi connectivity index (χ4n) is 0.921. The minimum absolute atomic E-state index is 0.444. The van der Waals surface area contributed by atoms with E-state index in [4.69, 9.17) is 0 Å². The summed E-state index contributed by atoms with van der Waals surface area (Å²) >= 11 is 0. The van der Waals surface area contributed by atoms with Crippen molar-refractivity contribution in [2.24, 2.45) is 4.99 Å². The summed E-state index contributed by atoms with van der Waals surface area (Å²) in [5.74, 6) is 0. The van der Waals surface area contributed by atoms with Crippen molar-refractivity contribution in [3.8, 4) is 0 Å². The maximum atomic E-state index is 12.7. The van der Waals surface area contributed by atoms with Crippen molar-refractivity contribution in [1.29, 1.82) is 0 Å². The predicted molar refractivity (Wildman–Crippen MR) is 34.3 cm³/mol. The molecule has 1 atom stereocenters. The van der Waals surface area contributed by atoms with E-state index in [1.807, 2.05) is 0 Å². The Bertz CT molecular complexity index is 171. The Morgan fingerprint density at radius 3 is 2.50 bits per heavy atom. The number of alkyl halides is 1. The molecule has 1 aliphatic rings. The lowest BCUT2D eigenvalue weighted by Gasteiger charge is -2.38. The number of carbonyl (C=O) groups excluding carboxylic acids is 1. The summed E-state index contributed by atoms with van der Waals surface area (Å²) in [6, 6.07) is 0. The number of nitrogens with zero attached hydrogens (tertiary/aromatic N) is 1. The first-order valence-electron chi connectivity index (χ1n) is 3.15. The molecule has 0 saturated carbocycles. The maximum Gasteiger partial charge on any atom is 0.235 e. The van der Waals surface area contributed by atoms with Crippen molar-refractivity contribution in [1.82, 2.24) is 5.32 Å². The fourth-order valence-corrected chi connectivity index (χ4v) is 0.921. The van der Waals surface area contributed by atoms with Crippen molar-refractivity contribution in [3.63, 3.8) is 0 Å². The quantitative estimate of drug-likeness (QED) is 0.438. The molecule has 0 spiro atoms. The van der Waals surface area contributed by atoms with Gasteiger partial charge in [0.25, 0.3) is 0 Å². The van der Waals surface area contributed by atoms with Gasteiger partial charge in [-0.3, -0.25) is 0 Å². The normalized spacial score (nSPS) is 24.2. The molecule has 0 radical (unpaired) electrons. The summed E-state index contributed by atoms with van der Waals surface area (Å²) in [5, 5.41) is 2.86. The van der Waals surface area contributed by atoms with Crippen molar-refractivity contribution in [3.05, 3.63) is 0 Å². The average Bonchev–Trinajstić information content (AvgIpc) is 1.77. The molecule has 0 aromatic heterocycles. The van der Waals surface area contributed by atoms with Crippen molar-refractivity contribution < 1.29 is 9.18 Å². The van der Waals surface area contributed by atoms with Gasteiger partial charge >= 0.3 is 0 Å². The van der Waals surface area contributed by atoms with Crippen LogP contribution in [0.1, 0.15) is 6.92 Å². The molecule has 1 saturated heterocycles. The number of aliphatic imine (C=N–C) groups is 1. The molecule has 1 fully saturated rings. The van der Waals surface area contributed by atoms with Crippen LogP contribution in [0.25, 0.3) is 0 Å². The van der Waals surface area contributed by atoms with Gasteiger partial charge in [-0.25, -0.2) is 9.18 Å². The molecule has 0 amide bonds. The van der Waals surface area contributed by atoms with E-state index in [-0.39, 0.29) is 0 Å². The zero-order valence-corrected chi connectivity index (χ0v) is 5.72. The van der Waals surface area contributed by atoms with Crippen LogP contribution in [0.4, 0.5) is 4.39 Å². The van der Waals surface area contributed by atoms with Gasteiger partial charge in [-0.1, -0.05) is 0 Å². The summed E-state index contributed by atoms with van der Waals surface area (Å²) in [4.78, 5) is 13.2. The Hall–Kier alpha value is -0.730. The van der Waals surface area contributed by atoms with Gasteiger partial charge in [-0.2, -0.15) is 4.99 Å². The third-order valence-corrected chi connectivity index (χ3v) is 1.87. The topological polar surface area (TPSA) is 41.5 Å². The first kappa shape index (κ1) is 7.38. The third-order valence-electron chi connectivity index (χ3n) is 1.87.